The van der Waals surface area contributed by atoms with Gasteiger partial charge in [-0.2, -0.15) is 0 Å². The Kier molecular flexibility index (Phi) is 4.05. The summed E-state index contributed by atoms with van der Waals surface area (Å²) in [5, 5.41) is 0. The van der Waals surface area contributed by atoms with Gasteiger partial charge in [0.05, 0.1) is 5.57 Å². The van der Waals surface area contributed by atoms with E-state index < -0.39 is 5.54 Å². The highest BCUT2D eigenvalue weighted by Crippen LogP contribution is 2.47. The fourth-order valence-corrected chi connectivity index (χ4v) is 4.26. The molecule has 1 aliphatic heterocycles. The Hall–Kier alpha value is -3.67. The Morgan fingerprint density at radius 2 is 1.21 bits per heavy atom. The summed E-state index contributed by atoms with van der Waals surface area (Å²) >= 11 is 0. The minimum atomic E-state index is -0.805. The van der Waals surface area contributed by atoms with Crippen LogP contribution in [0.25, 0.3) is 0 Å². The lowest BCUT2D eigenvalue weighted by molar-refractivity contribution is -0.105. The Bertz CT molecular complexity index is 1060. The first kappa shape index (κ1) is 17.4. The van der Waals surface area contributed by atoms with Crippen LogP contribution < -0.4 is 10.0 Å². The van der Waals surface area contributed by atoms with Gasteiger partial charge >= 0.3 is 0 Å². The number of nitrogens with zero attached hydrogens (tertiary/aromatic N) is 1. The van der Waals surface area contributed by atoms with Gasteiger partial charge in [0.25, 0.3) is 0 Å². The van der Waals surface area contributed by atoms with E-state index in [-0.39, 0.29) is 4.59 Å². The van der Waals surface area contributed by atoms with Crippen LogP contribution in [0.5, 0.6) is 0 Å². The number of H-pyrrole nitrogens is 2. The molecule has 0 fully saturated rings. The molecule has 5 rings (SSSR count). The van der Waals surface area contributed by atoms with Crippen molar-refractivity contribution < 1.29 is 4.79 Å². The fourth-order valence-electron chi connectivity index (χ4n) is 4.26. The van der Waals surface area contributed by atoms with Crippen LogP contribution in [0.2, 0.25) is 0 Å². The molecule has 3 heterocycles. The van der Waals surface area contributed by atoms with Crippen molar-refractivity contribution in [2.75, 3.05) is 0 Å². The van der Waals surface area contributed by atoms with Gasteiger partial charge in [-0.15, -0.1) is 10.0 Å². The molecule has 0 atom stereocenters. The first-order valence-electron chi connectivity index (χ1n) is 9.55. The van der Waals surface area contributed by atoms with Crippen molar-refractivity contribution in [3.05, 3.63) is 120 Å². The van der Waals surface area contributed by atoms with E-state index >= 15 is 0 Å². The second kappa shape index (κ2) is 6.74. The topological polar surface area (TPSA) is 60.7 Å². The predicted molar refractivity (Wildman–Crippen MR) is 114 cm³/mol. The van der Waals surface area contributed by atoms with Crippen molar-refractivity contribution in [3.63, 3.8) is 0 Å². The molecule has 29 heavy (non-hydrogen) atoms. The highest BCUT2D eigenvalue weighted by atomic mass is 16.1. The molecule has 0 bridgehead atoms. The number of aromatic amines is 2. The normalized spacial score (nSPS) is 17.0. The molecular formula is C24H21N4O+. The van der Waals surface area contributed by atoms with Gasteiger partial charge in [-0.25, -0.2) is 0 Å². The van der Waals surface area contributed by atoms with Crippen LogP contribution in [0.1, 0.15) is 11.1 Å². The smallest absolute Gasteiger partial charge is 0.236 e. The second-order valence-electron chi connectivity index (χ2n) is 7.13. The summed E-state index contributed by atoms with van der Waals surface area (Å²) in [7, 11) is 0. The highest BCUT2D eigenvalue weighted by molar-refractivity contribution is 5.83. The average Bonchev–Trinajstić information content (AvgIpc) is 3.55. The molecule has 0 saturated carbocycles. The molecule has 2 aromatic carbocycles. The van der Waals surface area contributed by atoms with Crippen LogP contribution in [0.3, 0.4) is 0 Å². The molecule has 3 N–H and O–H groups in total. The van der Waals surface area contributed by atoms with E-state index in [1.165, 1.54) is 0 Å². The maximum atomic E-state index is 12.5. The van der Waals surface area contributed by atoms with Crippen molar-refractivity contribution in [1.29, 1.82) is 0 Å². The largest absolute Gasteiger partial charge is 0.316 e. The molecule has 0 saturated heterocycles. The first-order chi connectivity index (χ1) is 14.3. The zero-order chi connectivity index (χ0) is 19.7. The van der Waals surface area contributed by atoms with E-state index in [2.05, 4.69) is 39.7 Å². The van der Waals surface area contributed by atoms with Crippen molar-refractivity contribution in [2.45, 2.75) is 5.54 Å². The number of nitrogens with one attached hydrogen (secondary N) is 3. The minimum absolute atomic E-state index is 0.165. The Morgan fingerprint density at radius 1 is 0.690 bits per heavy atom. The quantitative estimate of drug-likeness (QED) is 0.351. The monoisotopic (exact) mass is 381 g/mol. The van der Waals surface area contributed by atoms with Gasteiger partial charge in [0.2, 0.25) is 11.6 Å². The van der Waals surface area contributed by atoms with E-state index in [0.717, 1.165) is 29.0 Å². The number of aromatic nitrogens is 2. The van der Waals surface area contributed by atoms with Crippen molar-refractivity contribution in [2.24, 2.45) is 0 Å². The van der Waals surface area contributed by atoms with E-state index in [4.69, 9.17) is 0 Å². The summed E-state index contributed by atoms with van der Waals surface area (Å²) in [4.78, 5) is 19.1. The van der Waals surface area contributed by atoms with Gasteiger partial charge in [-0.3, -0.25) is 4.79 Å². The number of carbonyl (C=O) groups excluding carboxylic acids is 1. The standard InChI is InChI=1S/C24H21N4O/c29-18-21-17-28(22-13-7-15-25-22,23-14-8-16-26-23)27-24(21,19-9-3-1-4-10-19)20-11-5-2-6-12-20/h1-18,25-27H/q+1. The van der Waals surface area contributed by atoms with Crippen LogP contribution >= 0.6 is 0 Å². The molecule has 2 aromatic heterocycles. The van der Waals surface area contributed by atoms with Crippen molar-refractivity contribution >= 4 is 17.9 Å². The zero-order valence-electron chi connectivity index (χ0n) is 15.7. The zero-order valence-corrected chi connectivity index (χ0v) is 15.7. The molecule has 0 unspecified atom stereocenters. The number of hydrogen-bond donors (Lipinski definition) is 3. The fraction of sp³-hybridized carbons (Fsp3) is 0.0417. The first-order valence-corrected chi connectivity index (χ1v) is 9.55. The molecule has 0 radical (unpaired) electrons. The van der Waals surface area contributed by atoms with Gasteiger partial charge in [-0.05, 0) is 23.3 Å². The summed E-state index contributed by atoms with van der Waals surface area (Å²) < 4.78 is 0.165. The third-order valence-corrected chi connectivity index (χ3v) is 5.57. The van der Waals surface area contributed by atoms with Crippen LogP contribution in [0.15, 0.2) is 109 Å². The maximum absolute atomic E-state index is 12.5. The van der Waals surface area contributed by atoms with E-state index in [0.29, 0.717) is 5.57 Å². The van der Waals surface area contributed by atoms with Crippen molar-refractivity contribution in [3.8, 4) is 0 Å². The van der Waals surface area contributed by atoms with Gasteiger partial charge < -0.3 is 9.97 Å². The van der Waals surface area contributed by atoms with E-state index in [9.17, 15) is 4.79 Å². The second-order valence-corrected chi connectivity index (χ2v) is 7.13. The Labute approximate surface area is 168 Å². The van der Waals surface area contributed by atoms with Gasteiger partial charge in [0, 0.05) is 24.5 Å². The van der Waals surface area contributed by atoms with Gasteiger partial charge in [0.15, 0.2) is 11.8 Å². The minimum Gasteiger partial charge on any atom is -0.316 e. The summed E-state index contributed by atoms with van der Waals surface area (Å²) in [6, 6.07) is 28.1. The third-order valence-electron chi connectivity index (χ3n) is 5.57. The van der Waals surface area contributed by atoms with Crippen LogP contribution in [-0.4, -0.2) is 16.3 Å². The number of aldehydes is 1. The molecule has 5 heteroatoms. The number of carbonyl (C=O) groups is 1. The van der Waals surface area contributed by atoms with Gasteiger partial charge in [-0.1, -0.05) is 60.7 Å². The number of rotatable bonds is 5. The van der Waals surface area contributed by atoms with E-state index in [1.54, 1.807) is 0 Å². The molecule has 4 aromatic rings. The summed E-state index contributed by atoms with van der Waals surface area (Å²) in [5.41, 5.74) is 5.66. The number of hydrogen-bond acceptors (Lipinski definition) is 2. The van der Waals surface area contributed by atoms with Crippen LogP contribution in [0.4, 0.5) is 11.6 Å². The van der Waals surface area contributed by atoms with Crippen molar-refractivity contribution in [1.82, 2.24) is 20.0 Å². The molecule has 0 spiro atoms. The van der Waals surface area contributed by atoms with Crippen LogP contribution in [-0.2, 0) is 10.3 Å². The lowest BCUT2D eigenvalue weighted by atomic mass is 9.79. The lowest BCUT2D eigenvalue weighted by Crippen LogP contribution is -2.57. The average molecular weight is 381 g/mol. The summed E-state index contributed by atoms with van der Waals surface area (Å²) in [6.45, 7) is 0. The Morgan fingerprint density at radius 3 is 1.62 bits per heavy atom. The molecule has 1 aliphatic rings. The SMILES string of the molecule is O=CC1=C[N+](c2ccc[nH]2)(c2ccc[nH]2)NC1(c1ccccc1)c1ccccc1. The summed E-state index contributed by atoms with van der Waals surface area (Å²) in [5.74, 6) is 1.81. The lowest BCUT2D eigenvalue weighted by Gasteiger charge is -2.36. The molecule has 5 nitrogen and oxygen atoms in total. The maximum Gasteiger partial charge on any atom is 0.236 e. The van der Waals surface area contributed by atoms with Gasteiger partial charge in [0.1, 0.15) is 6.20 Å². The molecule has 0 amide bonds. The molecular weight excluding hydrogens is 360 g/mol. The van der Waals surface area contributed by atoms with E-state index in [1.807, 2.05) is 79.3 Å². The van der Waals surface area contributed by atoms with Crippen LogP contribution in [0, 0.1) is 0 Å². The highest BCUT2D eigenvalue weighted by Gasteiger charge is 2.55. The number of benzene rings is 2. The summed E-state index contributed by atoms with van der Waals surface area (Å²) in [6.07, 6.45) is 6.71. The molecule has 0 aliphatic carbocycles. The Balaban J connectivity index is 1.82. The predicted octanol–water partition coefficient (Wildman–Crippen LogP) is 4.53. The number of quaternary nitrogens is 1. The third kappa shape index (κ3) is 2.52. The molecule has 142 valence electrons.